The molecule has 2 atom stereocenters. The summed E-state index contributed by atoms with van der Waals surface area (Å²) >= 11 is 6.84. The number of β-lactam (4-membered cyclic amide) rings is 1. The number of rotatable bonds is 8. The summed E-state index contributed by atoms with van der Waals surface area (Å²) in [5.41, 5.74) is 0. The summed E-state index contributed by atoms with van der Waals surface area (Å²) in [5, 5.41) is 11.1. The maximum Gasteiger partial charge on any atom is 0.345 e. The maximum atomic E-state index is 12.0. The third kappa shape index (κ3) is 5.47. The molecular weight excluding hydrogens is 384 g/mol. The van der Waals surface area contributed by atoms with Crippen molar-refractivity contribution < 1.29 is 24.3 Å². The van der Waals surface area contributed by atoms with Crippen LogP contribution in [0, 0.1) is 0 Å². The van der Waals surface area contributed by atoms with Crippen LogP contribution in [-0.4, -0.2) is 61.3 Å². The number of hydrogen-bond donors (Lipinski definition) is 2. The molecule has 0 bridgehead atoms. The minimum Gasteiger partial charge on any atom is -0.479 e. The van der Waals surface area contributed by atoms with Crippen molar-refractivity contribution in [2.45, 2.75) is 30.5 Å². The van der Waals surface area contributed by atoms with E-state index in [1.165, 1.54) is 17.7 Å². The second-order valence-electron chi connectivity index (χ2n) is 4.61. The van der Waals surface area contributed by atoms with Crippen LogP contribution in [-0.2, 0) is 14.4 Å². The molecular formula is C12H17ClN2O5S3. The molecule has 23 heavy (non-hydrogen) atoms. The quantitative estimate of drug-likeness (QED) is 0.209. The summed E-state index contributed by atoms with van der Waals surface area (Å²) in [7, 11) is 2.28. The molecule has 0 saturated carbocycles. The normalized spacial score (nSPS) is 19.7. The number of carboxylic acid groups (broad SMARTS) is 1. The summed E-state index contributed by atoms with van der Waals surface area (Å²) in [4.78, 5) is 44.9. The number of alkyl halides is 1. The lowest BCUT2D eigenvalue weighted by Gasteiger charge is -2.45. The molecule has 0 aromatic carbocycles. The minimum absolute atomic E-state index is 0.0781. The fraction of sp³-hybridized carbons (Fsp3) is 0.667. The van der Waals surface area contributed by atoms with Crippen LogP contribution in [0.3, 0.4) is 0 Å². The Morgan fingerprint density at radius 3 is 2.61 bits per heavy atom. The zero-order valence-corrected chi connectivity index (χ0v) is 15.7. The number of likely N-dealkylation sites (tertiary alicyclic amines) is 1. The highest BCUT2D eigenvalue weighted by Gasteiger charge is 2.53. The van der Waals surface area contributed by atoms with Gasteiger partial charge in [-0.3, -0.25) is 14.4 Å². The SMILES string of the molecule is CCC(Cl)(C(=O)O)N1CC(SC(=O)SSCCNC(C)=O)C1=O. The number of halogens is 1. The van der Waals surface area contributed by atoms with Gasteiger partial charge in [0.05, 0.1) is 0 Å². The number of aliphatic carboxylic acids is 1. The molecule has 0 aliphatic carbocycles. The summed E-state index contributed by atoms with van der Waals surface area (Å²) < 4.78 is -0.233. The lowest BCUT2D eigenvalue weighted by molar-refractivity contribution is -0.159. The highest BCUT2D eigenvalue weighted by atomic mass is 35.5. The fourth-order valence-corrected chi connectivity index (χ4v) is 5.04. The van der Waals surface area contributed by atoms with E-state index in [0.717, 1.165) is 27.5 Å². The van der Waals surface area contributed by atoms with E-state index in [1.807, 2.05) is 0 Å². The van der Waals surface area contributed by atoms with Crippen molar-refractivity contribution in [3.8, 4) is 0 Å². The van der Waals surface area contributed by atoms with E-state index in [2.05, 4.69) is 5.32 Å². The van der Waals surface area contributed by atoms with E-state index in [1.54, 1.807) is 6.92 Å². The molecule has 1 aliphatic rings. The molecule has 0 radical (unpaired) electrons. The van der Waals surface area contributed by atoms with E-state index in [-0.39, 0.29) is 23.3 Å². The van der Waals surface area contributed by atoms with Gasteiger partial charge in [0.1, 0.15) is 5.25 Å². The molecule has 0 aromatic rings. The van der Waals surface area contributed by atoms with E-state index in [0.29, 0.717) is 12.3 Å². The smallest absolute Gasteiger partial charge is 0.345 e. The Morgan fingerprint density at radius 2 is 2.13 bits per heavy atom. The summed E-state index contributed by atoms with van der Waals surface area (Å²) in [6.45, 7) is 3.60. The van der Waals surface area contributed by atoms with Gasteiger partial charge in [-0.15, -0.1) is 0 Å². The highest BCUT2D eigenvalue weighted by Crippen LogP contribution is 2.39. The van der Waals surface area contributed by atoms with Gasteiger partial charge in [0.15, 0.2) is 0 Å². The van der Waals surface area contributed by atoms with Crippen molar-refractivity contribution in [3.05, 3.63) is 0 Å². The molecule has 2 N–H and O–H groups in total. The Bertz CT molecular complexity index is 507. The average Bonchev–Trinajstić information content (AvgIpc) is 2.49. The van der Waals surface area contributed by atoms with Crippen LogP contribution in [0.1, 0.15) is 20.3 Å². The van der Waals surface area contributed by atoms with Crippen molar-refractivity contribution in [2.24, 2.45) is 0 Å². The lowest BCUT2D eigenvalue weighted by Crippen LogP contribution is -2.65. The Morgan fingerprint density at radius 1 is 1.48 bits per heavy atom. The second-order valence-corrected chi connectivity index (χ2v) is 9.06. The molecule has 11 heteroatoms. The van der Waals surface area contributed by atoms with Crippen molar-refractivity contribution in [2.75, 3.05) is 18.8 Å². The molecule has 1 saturated heterocycles. The minimum atomic E-state index is -1.74. The third-order valence-electron chi connectivity index (χ3n) is 3.04. The predicted molar refractivity (Wildman–Crippen MR) is 93.7 cm³/mol. The van der Waals surface area contributed by atoms with E-state index in [9.17, 15) is 19.2 Å². The Labute approximate surface area is 151 Å². The van der Waals surface area contributed by atoms with Gasteiger partial charge in [0.2, 0.25) is 16.8 Å². The van der Waals surface area contributed by atoms with Crippen LogP contribution in [0.2, 0.25) is 0 Å². The molecule has 1 rings (SSSR count). The largest absolute Gasteiger partial charge is 0.479 e. The van der Waals surface area contributed by atoms with Crippen molar-refractivity contribution in [1.29, 1.82) is 0 Å². The monoisotopic (exact) mass is 400 g/mol. The van der Waals surface area contributed by atoms with Gasteiger partial charge in [-0.05, 0) is 17.2 Å². The standard InChI is InChI=1S/C12H17ClN2O5S3/c1-3-12(13,10(18)19)15-6-8(9(15)17)22-11(20)23-21-5-4-14-7(2)16/h8H,3-6H2,1-2H3,(H,14,16)(H,18,19). The molecule has 1 heterocycles. The van der Waals surface area contributed by atoms with Gasteiger partial charge in [0, 0.05) is 25.8 Å². The van der Waals surface area contributed by atoms with Gasteiger partial charge in [-0.25, -0.2) is 4.79 Å². The Kier molecular flexibility index (Phi) is 8.05. The fourth-order valence-electron chi connectivity index (χ4n) is 1.75. The van der Waals surface area contributed by atoms with Crippen molar-refractivity contribution in [3.63, 3.8) is 0 Å². The average molecular weight is 401 g/mol. The first-order chi connectivity index (χ1) is 10.7. The molecule has 7 nitrogen and oxygen atoms in total. The third-order valence-corrected chi connectivity index (χ3v) is 7.29. The van der Waals surface area contributed by atoms with Crippen molar-refractivity contribution in [1.82, 2.24) is 10.2 Å². The van der Waals surface area contributed by atoms with Crippen LogP contribution < -0.4 is 5.32 Å². The van der Waals surface area contributed by atoms with E-state index >= 15 is 0 Å². The summed E-state index contributed by atoms with van der Waals surface area (Å²) in [5.74, 6) is -1.27. The lowest BCUT2D eigenvalue weighted by atomic mass is 10.1. The van der Waals surface area contributed by atoms with Gasteiger partial charge in [0.25, 0.3) is 4.45 Å². The van der Waals surface area contributed by atoms with Gasteiger partial charge < -0.3 is 15.3 Å². The zero-order chi connectivity index (χ0) is 17.6. The van der Waals surface area contributed by atoms with E-state index in [4.69, 9.17) is 16.7 Å². The molecule has 0 spiro atoms. The summed E-state index contributed by atoms with van der Waals surface area (Å²) in [6.07, 6.45) is 0.0781. The number of carbonyl (C=O) groups excluding carboxylic acids is 3. The van der Waals surface area contributed by atoms with Crippen LogP contribution in [0.15, 0.2) is 0 Å². The number of thioether (sulfide) groups is 1. The summed E-state index contributed by atoms with van der Waals surface area (Å²) in [6, 6.07) is 0. The topological polar surface area (TPSA) is 104 Å². The number of carbonyl (C=O) groups is 4. The van der Waals surface area contributed by atoms with Crippen LogP contribution >= 0.6 is 45.0 Å². The maximum absolute atomic E-state index is 12.0. The number of amides is 2. The molecule has 130 valence electrons. The number of hydrogen-bond acceptors (Lipinski definition) is 7. The van der Waals surface area contributed by atoms with Crippen LogP contribution in [0.4, 0.5) is 4.79 Å². The first-order valence-electron chi connectivity index (χ1n) is 6.70. The number of nitrogens with one attached hydrogen (secondary N) is 1. The first-order valence-corrected chi connectivity index (χ1v) is 10.3. The first kappa shape index (κ1) is 20.5. The Balaban J connectivity index is 2.33. The second kappa shape index (κ2) is 9.05. The zero-order valence-electron chi connectivity index (χ0n) is 12.5. The molecule has 2 amide bonds. The molecule has 1 aliphatic heterocycles. The molecule has 0 aromatic heterocycles. The van der Waals surface area contributed by atoms with Crippen LogP contribution in [0.5, 0.6) is 0 Å². The Hall–Kier alpha value is -0.580. The number of carboxylic acids is 1. The van der Waals surface area contributed by atoms with Crippen LogP contribution in [0.25, 0.3) is 0 Å². The van der Waals surface area contributed by atoms with Gasteiger partial charge >= 0.3 is 5.97 Å². The van der Waals surface area contributed by atoms with Crippen molar-refractivity contribution >= 4 is 67.2 Å². The predicted octanol–water partition coefficient (Wildman–Crippen LogP) is 2.00. The highest BCUT2D eigenvalue weighted by molar-refractivity contribution is 8.86. The van der Waals surface area contributed by atoms with Gasteiger partial charge in [-0.1, -0.05) is 41.1 Å². The molecule has 2 unspecified atom stereocenters. The van der Waals surface area contributed by atoms with E-state index < -0.39 is 22.1 Å². The van der Waals surface area contributed by atoms with Gasteiger partial charge in [-0.2, -0.15) is 0 Å². The molecule has 1 fully saturated rings. The number of nitrogens with zero attached hydrogens (tertiary/aromatic N) is 1.